The fourth-order valence-corrected chi connectivity index (χ4v) is 3.70. The van der Waals surface area contributed by atoms with E-state index < -0.39 is 0 Å². The van der Waals surface area contributed by atoms with Crippen molar-refractivity contribution in [1.82, 2.24) is 19.2 Å². The first-order chi connectivity index (χ1) is 13.1. The van der Waals surface area contributed by atoms with Crippen LogP contribution in [-0.4, -0.2) is 24.3 Å². The molecule has 0 spiro atoms. The van der Waals surface area contributed by atoms with E-state index in [0.29, 0.717) is 35.5 Å². The number of hydrogen-bond donors (Lipinski definition) is 1. The lowest BCUT2D eigenvalue weighted by Crippen LogP contribution is -2.43. The smallest absolute Gasteiger partial charge is 0.431 e. The number of aryl methyl sites for hydroxylation is 2. The van der Waals surface area contributed by atoms with E-state index in [2.05, 4.69) is 12.0 Å². The van der Waals surface area contributed by atoms with Crippen molar-refractivity contribution in [2.75, 3.05) is 0 Å². The number of rotatable bonds is 5. The van der Waals surface area contributed by atoms with Gasteiger partial charge >= 0.3 is 11.3 Å². The molecular formula is C20H24N5O2+. The lowest BCUT2D eigenvalue weighted by Gasteiger charge is -2.08. The number of fused-ring (bicyclic) bond motifs is 4. The van der Waals surface area contributed by atoms with Crippen molar-refractivity contribution in [3.05, 3.63) is 40.2 Å². The van der Waals surface area contributed by atoms with Gasteiger partial charge in [0.1, 0.15) is 5.56 Å². The van der Waals surface area contributed by atoms with Crippen LogP contribution < -0.4 is 10.1 Å². The Morgan fingerprint density at radius 1 is 1.19 bits per heavy atom. The fourth-order valence-electron chi connectivity index (χ4n) is 3.70. The van der Waals surface area contributed by atoms with Crippen molar-refractivity contribution in [3.63, 3.8) is 0 Å². The molecular weight excluding hydrogens is 342 g/mol. The monoisotopic (exact) mass is 366 g/mol. The van der Waals surface area contributed by atoms with E-state index in [1.807, 2.05) is 42.8 Å². The molecule has 3 heterocycles. The van der Waals surface area contributed by atoms with Gasteiger partial charge in [0, 0.05) is 12.4 Å². The lowest BCUT2D eigenvalue weighted by molar-refractivity contribution is -0.683. The third-order valence-electron chi connectivity index (χ3n) is 5.20. The molecule has 0 saturated carbocycles. The van der Waals surface area contributed by atoms with E-state index in [4.69, 9.17) is 4.98 Å². The maximum absolute atomic E-state index is 12.9. The maximum Gasteiger partial charge on any atom is 0.431 e. The quantitative estimate of drug-likeness (QED) is 0.435. The first kappa shape index (κ1) is 17.5. The number of unbranched alkanes of at least 4 members (excludes halogenated alkanes) is 2. The number of para-hydroxylation sites is 1. The molecule has 3 aromatic heterocycles. The van der Waals surface area contributed by atoms with Crippen LogP contribution >= 0.6 is 0 Å². The van der Waals surface area contributed by atoms with Crippen molar-refractivity contribution < 1.29 is 9.67 Å². The van der Waals surface area contributed by atoms with Crippen LogP contribution in [0.3, 0.4) is 0 Å². The minimum absolute atomic E-state index is 0.00557. The summed E-state index contributed by atoms with van der Waals surface area (Å²) in [5.74, 6) is 0.384. The van der Waals surface area contributed by atoms with Crippen LogP contribution in [0.15, 0.2) is 29.1 Å². The van der Waals surface area contributed by atoms with Gasteiger partial charge in [-0.05, 0) is 23.9 Å². The van der Waals surface area contributed by atoms with Gasteiger partial charge < -0.3 is 9.67 Å². The largest absolute Gasteiger partial charge is 0.483 e. The number of nitrogens with zero attached hydrogens (tertiary/aromatic N) is 5. The average molecular weight is 366 g/mol. The zero-order valence-corrected chi connectivity index (χ0v) is 15.9. The predicted octanol–water partition coefficient (Wildman–Crippen LogP) is 2.48. The van der Waals surface area contributed by atoms with Crippen molar-refractivity contribution >= 4 is 27.8 Å². The highest BCUT2D eigenvalue weighted by molar-refractivity contribution is 6.04. The molecule has 0 aliphatic rings. The SMILES string of the molecule is CCCCC[n+]1c(O)c(CC)c(=O)n2nc3c4ccccc4n(C)c3nc21. The average Bonchev–Trinajstić information content (AvgIpc) is 2.96. The zero-order valence-electron chi connectivity index (χ0n) is 15.9. The fraction of sp³-hybridized carbons (Fsp3) is 0.400. The Kier molecular flexibility index (Phi) is 4.30. The molecule has 0 radical (unpaired) electrons. The van der Waals surface area contributed by atoms with Gasteiger partial charge in [-0.3, -0.25) is 0 Å². The van der Waals surface area contributed by atoms with Gasteiger partial charge in [0.2, 0.25) is 5.65 Å². The number of hydrogen-bond acceptors (Lipinski definition) is 4. The highest BCUT2D eigenvalue weighted by Crippen LogP contribution is 2.24. The van der Waals surface area contributed by atoms with Crippen molar-refractivity contribution in [2.45, 2.75) is 46.1 Å². The molecule has 27 heavy (non-hydrogen) atoms. The van der Waals surface area contributed by atoms with Crippen LogP contribution in [0.25, 0.3) is 27.8 Å². The molecule has 4 aromatic rings. The summed E-state index contributed by atoms with van der Waals surface area (Å²) in [6, 6.07) is 7.92. The van der Waals surface area contributed by atoms with Crippen molar-refractivity contribution in [3.8, 4) is 5.88 Å². The third-order valence-corrected chi connectivity index (χ3v) is 5.20. The number of aromatic hydroxyl groups is 1. The molecule has 0 unspecified atom stereocenters. The van der Waals surface area contributed by atoms with Crippen LogP contribution in [0.1, 0.15) is 38.7 Å². The van der Waals surface area contributed by atoms with Gasteiger partial charge in [0.15, 0.2) is 5.52 Å². The third kappa shape index (κ3) is 2.57. The Balaban J connectivity index is 2.12. The molecule has 0 saturated heterocycles. The Bertz CT molecular complexity index is 1220. The molecule has 0 fully saturated rings. The number of aromatic nitrogens is 5. The Hall–Kier alpha value is -2.96. The van der Waals surface area contributed by atoms with E-state index >= 15 is 0 Å². The molecule has 0 bridgehead atoms. The second kappa shape index (κ2) is 6.64. The molecule has 0 aliphatic carbocycles. The van der Waals surface area contributed by atoms with Crippen LogP contribution in [0.4, 0.5) is 0 Å². The Morgan fingerprint density at radius 2 is 1.96 bits per heavy atom. The zero-order chi connectivity index (χ0) is 19.1. The minimum atomic E-state index is -0.306. The molecule has 0 amide bonds. The molecule has 7 heteroatoms. The van der Waals surface area contributed by atoms with Crippen LogP contribution in [-0.2, 0) is 20.0 Å². The Morgan fingerprint density at radius 3 is 2.70 bits per heavy atom. The summed E-state index contributed by atoms with van der Waals surface area (Å²) in [5.41, 5.74) is 2.46. The first-order valence-corrected chi connectivity index (χ1v) is 9.50. The summed E-state index contributed by atoms with van der Waals surface area (Å²) in [6.07, 6.45) is 3.46. The van der Waals surface area contributed by atoms with E-state index in [1.165, 1.54) is 4.52 Å². The normalized spacial score (nSPS) is 11.8. The summed E-state index contributed by atoms with van der Waals surface area (Å²) < 4.78 is 5.04. The topological polar surface area (TPSA) is 76.3 Å². The van der Waals surface area contributed by atoms with Gasteiger partial charge in [0.25, 0.3) is 5.88 Å². The summed E-state index contributed by atoms with van der Waals surface area (Å²) in [5, 5.41) is 16.3. The maximum atomic E-state index is 12.9. The summed E-state index contributed by atoms with van der Waals surface area (Å²) >= 11 is 0. The minimum Gasteiger partial charge on any atom is -0.483 e. The molecule has 7 nitrogen and oxygen atoms in total. The molecule has 0 atom stereocenters. The molecule has 140 valence electrons. The second-order valence-electron chi connectivity index (χ2n) is 6.89. The molecule has 1 N–H and O–H groups in total. The summed E-state index contributed by atoms with van der Waals surface area (Å²) in [4.78, 5) is 17.7. The second-order valence-corrected chi connectivity index (χ2v) is 6.89. The molecule has 0 aliphatic heterocycles. The number of benzene rings is 1. The predicted molar refractivity (Wildman–Crippen MR) is 104 cm³/mol. The Labute approximate surface area is 156 Å². The molecule has 1 aromatic carbocycles. The van der Waals surface area contributed by atoms with Gasteiger partial charge in [0.05, 0.1) is 12.1 Å². The van der Waals surface area contributed by atoms with Crippen molar-refractivity contribution in [2.24, 2.45) is 7.05 Å². The summed E-state index contributed by atoms with van der Waals surface area (Å²) in [6.45, 7) is 4.60. The van der Waals surface area contributed by atoms with E-state index in [9.17, 15) is 9.90 Å². The van der Waals surface area contributed by atoms with Crippen molar-refractivity contribution in [1.29, 1.82) is 0 Å². The van der Waals surface area contributed by atoms with Gasteiger partial charge in [-0.25, -0.2) is 4.79 Å². The van der Waals surface area contributed by atoms with Gasteiger partial charge in [-0.15, -0.1) is 0 Å². The highest BCUT2D eigenvalue weighted by atomic mass is 16.3. The van der Waals surface area contributed by atoms with Gasteiger partial charge in [-0.1, -0.05) is 54.5 Å². The standard InChI is InChI=1S/C20H23N5O2/c1-4-6-9-12-24-18(26)13(5-2)19(27)25-20(24)21-17-16(22-25)14-10-7-8-11-15(14)23(17)3/h7-8,10-11H,4-6,9,12H2,1-3H3/p+1. The lowest BCUT2D eigenvalue weighted by atomic mass is 10.2. The van der Waals surface area contributed by atoms with Crippen LogP contribution in [0, 0.1) is 0 Å². The van der Waals surface area contributed by atoms with Crippen LogP contribution in [0.2, 0.25) is 0 Å². The molecule has 4 rings (SSSR count). The van der Waals surface area contributed by atoms with E-state index in [0.717, 1.165) is 30.2 Å². The van der Waals surface area contributed by atoms with Crippen LogP contribution in [0.5, 0.6) is 5.88 Å². The first-order valence-electron chi connectivity index (χ1n) is 9.50. The van der Waals surface area contributed by atoms with E-state index in [-0.39, 0.29) is 11.4 Å². The summed E-state index contributed by atoms with van der Waals surface area (Å²) in [7, 11) is 1.94. The highest BCUT2D eigenvalue weighted by Gasteiger charge is 2.26. The van der Waals surface area contributed by atoms with Gasteiger partial charge in [-0.2, -0.15) is 4.57 Å². The van der Waals surface area contributed by atoms with E-state index in [1.54, 1.807) is 4.57 Å².